The Labute approximate surface area is 119 Å². The van der Waals surface area contributed by atoms with Gasteiger partial charge in [0, 0.05) is 13.3 Å². The second-order valence-corrected chi connectivity index (χ2v) is 4.83. The summed E-state index contributed by atoms with van der Waals surface area (Å²) >= 11 is 0. The van der Waals surface area contributed by atoms with Gasteiger partial charge in [0.15, 0.2) is 6.23 Å². The van der Waals surface area contributed by atoms with Crippen molar-refractivity contribution in [2.45, 2.75) is 24.2 Å². The average molecular weight is 296 g/mol. The lowest BCUT2D eigenvalue weighted by Crippen LogP contribution is -2.48. The lowest BCUT2D eigenvalue weighted by atomic mass is 10.1. The molecule has 0 saturated carbocycles. The van der Waals surface area contributed by atoms with Crippen LogP contribution < -0.4 is 5.73 Å². The van der Waals surface area contributed by atoms with Crippen molar-refractivity contribution in [2.24, 2.45) is 0 Å². The van der Waals surface area contributed by atoms with Gasteiger partial charge in [-0.2, -0.15) is 0 Å². The fraction of sp³-hybridized carbons (Fsp3) is 0.500. The number of methoxy groups -OCH3 is 1. The van der Waals surface area contributed by atoms with Gasteiger partial charge < -0.3 is 35.1 Å². The first kappa shape index (κ1) is 14.2. The molecule has 1 aliphatic rings. The van der Waals surface area contributed by atoms with Gasteiger partial charge in [0.25, 0.3) is 0 Å². The largest absolute Gasteiger partial charge is 0.394 e. The van der Waals surface area contributed by atoms with Gasteiger partial charge in [-0.25, -0.2) is 9.97 Å². The van der Waals surface area contributed by atoms with Gasteiger partial charge in [-0.05, 0) is 6.07 Å². The smallest absolute Gasteiger partial charge is 0.241 e. The van der Waals surface area contributed by atoms with E-state index in [1.807, 2.05) is 0 Å². The molecular formula is C12H16N4O5. The number of nitrogen functional groups attached to an aromatic ring is 1. The number of hydrogen-bond acceptors (Lipinski definition) is 8. The molecule has 114 valence electrons. The molecule has 21 heavy (non-hydrogen) atoms. The molecule has 2 aromatic rings. The number of aliphatic hydroxyl groups is 3. The van der Waals surface area contributed by atoms with Crippen LogP contribution >= 0.6 is 0 Å². The summed E-state index contributed by atoms with van der Waals surface area (Å²) < 4.78 is 12.0. The minimum atomic E-state index is -2.01. The molecule has 0 aliphatic carbocycles. The molecule has 4 atom stereocenters. The van der Waals surface area contributed by atoms with Crippen molar-refractivity contribution in [1.82, 2.24) is 14.5 Å². The summed E-state index contributed by atoms with van der Waals surface area (Å²) in [5.74, 6) is -1.73. The molecule has 0 radical (unpaired) electrons. The molecular weight excluding hydrogens is 280 g/mol. The summed E-state index contributed by atoms with van der Waals surface area (Å²) in [5, 5.41) is 30.4. The van der Waals surface area contributed by atoms with E-state index in [9.17, 15) is 15.3 Å². The minimum absolute atomic E-state index is 0.289. The van der Waals surface area contributed by atoms with E-state index < -0.39 is 30.8 Å². The van der Waals surface area contributed by atoms with Crippen molar-refractivity contribution < 1.29 is 24.8 Å². The van der Waals surface area contributed by atoms with Crippen LogP contribution in [0.3, 0.4) is 0 Å². The van der Waals surface area contributed by atoms with Gasteiger partial charge in [0.05, 0.1) is 12.0 Å². The lowest BCUT2D eigenvalue weighted by molar-refractivity contribution is -0.264. The van der Waals surface area contributed by atoms with E-state index in [2.05, 4.69) is 9.97 Å². The second kappa shape index (κ2) is 4.90. The Morgan fingerprint density at radius 3 is 2.95 bits per heavy atom. The molecule has 1 saturated heterocycles. The highest BCUT2D eigenvalue weighted by Crippen LogP contribution is 2.40. The van der Waals surface area contributed by atoms with Crippen molar-refractivity contribution in [2.75, 3.05) is 19.5 Å². The SMILES string of the molecule is CO[C@]1(O)[C@H](O)[C@@H](CO)O[C@H]1n1ccc2c(N)ncnc21. The third-order valence-electron chi connectivity index (χ3n) is 3.73. The van der Waals surface area contributed by atoms with Gasteiger partial charge >= 0.3 is 0 Å². The number of rotatable bonds is 3. The molecule has 2 aromatic heterocycles. The number of fused-ring (bicyclic) bond motifs is 1. The molecule has 0 spiro atoms. The zero-order chi connectivity index (χ0) is 15.2. The summed E-state index contributed by atoms with van der Waals surface area (Å²) in [6.45, 7) is -0.459. The van der Waals surface area contributed by atoms with E-state index in [1.165, 1.54) is 18.0 Å². The van der Waals surface area contributed by atoms with Crippen LogP contribution in [-0.2, 0) is 9.47 Å². The van der Waals surface area contributed by atoms with Crippen LogP contribution in [0, 0.1) is 0 Å². The number of aliphatic hydroxyl groups excluding tert-OH is 2. The zero-order valence-electron chi connectivity index (χ0n) is 11.2. The number of nitrogens with zero attached hydrogens (tertiary/aromatic N) is 3. The van der Waals surface area contributed by atoms with Crippen LogP contribution in [0.2, 0.25) is 0 Å². The predicted octanol–water partition coefficient (Wildman–Crippen LogP) is -1.40. The van der Waals surface area contributed by atoms with Crippen molar-refractivity contribution in [3.63, 3.8) is 0 Å². The normalized spacial score (nSPS) is 32.9. The monoisotopic (exact) mass is 296 g/mol. The Bertz CT molecular complexity index is 662. The summed E-state index contributed by atoms with van der Waals surface area (Å²) in [5.41, 5.74) is 6.19. The van der Waals surface area contributed by atoms with Gasteiger partial charge in [0.2, 0.25) is 5.79 Å². The van der Waals surface area contributed by atoms with Crippen molar-refractivity contribution >= 4 is 16.9 Å². The molecule has 9 heteroatoms. The van der Waals surface area contributed by atoms with Crippen LogP contribution in [0.15, 0.2) is 18.6 Å². The van der Waals surface area contributed by atoms with Gasteiger partial charge in [0.1, 0.15) is 30.0 Å². The Morgan fingerprint density at radius 2 is 2.29 bits per heavy atom. The molecule has 0 bridgehead atoms. The van der Waals surface area contributed by atoms with E-state index in [0.29, 0.717) is 11.0 Å². The molecule has 5 N–H and O–H groups in total. The van der Waals surface area contributed by atoms with E-state index in [0.717, 1.165) is 0 Å². The fourth-order valence-electron chi connectivity index (χ4n) is 2.56. The van der Waals surface area contributed by atoms with Crippen LogP contribution in [0.5, 0.6) is 0 Å². The van der Waals surface area contributed by atoms with Crippen molar-refractivity contribution in [3.05, 3.63) is 18.6 Å². The van der Waals surface area contributed by atoms with Gasteiger partial charge in [-0.1, -0.05) is 0 Å². The molecule has 1 aliphatic heterocycles. The molecule has 0 aromatic carbocycles. The zero-order valence-corrected chi connectivity index (χ0v) is 11.2. The van der Waals surface area contributed by atoms with Crippen LogP contribution in [-0.4, -0.2) is 61.6 Å². The Balaban J connectivity index is 2.11. The third-order valence-corrected chi connectivity index (χ3v) is 3.73. The summed E-state index contributed by atoms with van der Waals surface area (Å²) in [6, 6.07) is 1.67. The molecule has 0 amide bonds. The third kappa shape index (κ3) is 1.90. The van der Waals surface area contributed by atoms with E-state index in [4.69, 9.17) is 15.2 Å². The molecule has 3 heterocycles. The maximum absolute atomic E-state index is 10.5. The number of ether oxygens (including phenoxy) is 2. The number of anilines is 1. The quantitative estimate of drug-likeness (QED) is 0.508. The first-order valence-electron chi connectivity index (χ1n) is 6.32. The standard InChI is InChI=1S/C12H16N4O5/c1-20-12(19)8(18)7(4-17)21-11(12)16-3-2-6-9(13)14-5-15-10(6)16/h2-3,5,7-8,11,17-19H,4H2,1H3,(H2,13,14,15)/t7-,8-,11-,12-/m1/s1. The van der Waals surface area contributed by atoms with Crippen LogP contribution in [0.25, 0.3) is 11.0 Å². The molecule has 9 nitrogen and oxygen atoms in total. The molecule has 3 rings (SSSR count). The van der Waals surface area contributed by atoms with Crippen molar-refractivity contribution in [1.29, 1.82) is 0 Å². The first-order chi connectivity index (χ1) is 10.0. The van der Waals surface area contributed by atoms with Crippen LogP contribution in [0.1, 0.15) is 6.23 Å². The highest BCUT2D eigenvalue weighted by Gasteiger charge is 2.57. The summed E-state index contributed by atoms with van der Waals surface area (Å²) in [4.78, 5) is 7.98. The number of aromatic nitrogens is 3. The maximum atomic E-state index is 10.5. The van der Waals surface area contributed by atoms with E-state index in [-0.39, 0.29) is 5.82 Å². The second-order valence-electron chi connectivity index (χ2n) is 4.83. The summed E-state index contributed by atoms with van der Waals surface area (Å²) in [7, 11) is 1.24. The number of nitrogens with two attached hydrogens (primary N) is 1. The van der Waals surface area contributed by atoms with E-state index in [1.54, 1.807) is 12.3 Å². The average Bonchev–Trinajstić information content (AvgIpc) is 3.01. The minimum Gasteiger partial charge on any atom is -0.394 e. The lowest BCUT2D eigenvalue weighted by Gasteiger charge is -2.30. The van der Waals surface area contributed by atoms with Crippen molar-refractivity contribution in [3.8, 4) is 0 Å². The van der Waals surface area contributed by atoms with Gasteiger partial charge in [-0.3, -0.25) is 0 Å². The topological polar surface area (TPSA) is 136 Å². The van der Waals surface area contributed by atoms with Gasteiger partial charge in [-0.15, -0.1) is 0 Å². The Hall–Kier alpha value is -1.78. The van der Waals surface area contributed by atoms with E-state index >= 15 is 0 Å². The molecule has 1 fully saturated rings. The maximum Gasteiger partial charge on any atom is 0.241 e. The highest BCUT2D eigenvalue weighted by molar-refractivity contribution is 5.86. The highest BCUT2D eigenvalue weighted by atomic mass is 16.7. The Kier molecular flexibility index (Phi) is 3.30. The summed E-state index contributed by atoms with van der Waals surface area (Å²) in [6.07, 6.45) is -0.585. The predicted molar refractivity (Wildman–Crippen MR) is 70.9 cm³/mol. The Morgan fingerprint density at radius 1 is 1.52 bits per heavy atom. The number of hydrogen-bond donors (Lipinski definition) is 4. The fourth-order valence-corrected chi connectivity index (χ4v) is 2.56. The molecule has 0 unspecified atom stereocenters. The van der Waals surface area contributed by atoms with Crippen LogP contribution in [0.4, 0.5) is 5.82 Å². The first-order valence-corrected chi connectivity index (χ1v) is 6.32.